The molecule has 0 unspecified atom stereocenters. The van der Waals surface area contributed by atoms with Crippen molar-refractivity contribution in [3.8, 4) is 0 Å². The summed E-state index contributed by atoms with van der Waals surface area (Å²) in [5.74, 6) is 5.83. The summed E-state index contributed by atoms with van der Waals surface area (Å²) >= 11 is 0. The van der Waals surface area contributed by atoms with Crippen LogP contribution in [0, 0.1) is 6.92 Å². The molecule has 0 aliphatic carbocycles. The van der Waals surface area contributed by atoms with Crippen LogP contribution < -0.4 is 16.8 Å². The van der Waals surface area contributed by atoms with Crippen LogP contribution in [-0.4, -0.2) is 9.55 Å². The number of rotatable bonds is 3. The number of hydrogen-bond donors (Lipinski definition) is 2. The van der Waals surface area contributed by atoms with Gasteiger partial charge in [0.25, 0.3) is 5.56 Å². The van der Waals surface area contributed by atoms with Crippen molar-refractivity contribution in [3.05, 3.63) is 58.1 Å². The number of pyridine rings is 2. The molecule has 2 aromatic rings. The van der Waals surface area contributed by atoms with Crippen molar-refractivity contribution >= 4 is 5.82 Å². The van der Waals surface area contributed by atoms with E-state index >= 15 is 0 Å². The first-order chi connectivity index (χ1) is 8.19. The summed E-state index contributed by atoms with van der Waals surface area (Å²) in [5.41, 5.74) is 4.37. The van der Waals surface area contributed by atoms with Gasteiger partial charge in [0, 0.05) is 18.5 Å². The van der Waals surface area contributed by atoms with Gasteiger partial charge in [-0.25, -0.2) is 10.8 Å². The van der Waals surface area contributed by atoms with Gasteiger partial charge in [-0.2, -0.15) is 0 Å². The third-order valence-electron chi connectivity index (χ3n) is 2.48. The van der Waals surface area contributed by atoms with Gasteiger partial charge in [-0.3, -0.25) is 4.79 Å². The van der Waals surface area contributed by atoms with Crippen molar-refractivity contribution in [3.63, 3.8) is 0 Å². The molecule has 0 saturated carbocycles. The van der Waals surface area contributed by atoms with Crippen molar-refractivity contribution in [1.29, 1.82) is 0 Å². The summed E-state index contributed by atoms with van der Waals surface area (Å²) in [6.45, 7) is 2.41. The smallest absolute Gasteiger partial charge is 0.251 e. The second kappa shape index (κ2) is 4.80. The molecule has 17 heavy (non-hydrogen) atoms. The molecular weight excluding hydrogens is 216 g/mol. The van der Waals surface area contributed by atoms with E-state index < -0.39 is 0 Å². The lowest BCUT2D eigenvalue weighted by atomic mass is 10.2. The van der Waals surface area contributed by atoms with Crippen molar-refractivity contribution in [2.75, 3.05) is 5.43 Å². The SMILES string of the molecule is Cc1ccn(Cc2ccc(NN)nc2)c(=O)c1. The van der Waals surface area contributed by atoms with Crippen LogP contribution in [0.2, 0.25) is 0 Å². The molecule has 3 N–H and O–H groups in total. The zero-order valence-electron chi connectivity index (χ0n) is 9.55. The molecule has 5 heteroatoms. The molecule has 0 saturated heterocycles. The Morgan fingerprint density at radius 3 is 2.82 bits per heavy atom. The minimum atomic E-state index is -0.00831. The van der Waals surface area contributed by atoms with Gasteiger partial charge in [-0.15, -0.1) is 0 Å². The largest absolute Gasteiger partial charge is 0.311 e. The van der Waals surface area contributed by atoms with Crippen molar-refractivity contribution in [2.24, 2.45) is 5.84 Å². The van der Waals surface area contributed by atoms with Gasteiger partial charge in [0.1, 0.15) is 5.82 Å². The fourth-order valence-corrected chi connectivity index (χ4v) is 1.54. The number of aromatic nitrogens is 2. The minimum absolute atomic E-state index is 0.00831. The van der Waals surface area contributed by atoms with Crippen LogP contribution in [0.25, 0.3) is 0 Å². The number of hydrogen-bond acceptors (Lipinski definition) is 4. The Morgan fingerprint density at radius 2 is 2.24 bits per heavy atom. The fourth-order valence-electron chi connectivity index (χ4n) is 1.54. The Kier molecular flexibility index (Phi) is 3.20. The topological polar surface area (TPSA) is 72.9 Å². The molecule has 2 aromatic heterocycles. The minimum Gasteiger partial charge on any atom is -0.311 e. The molecule has 0 aromatic carbocycles. The van der Waals surface area contributed by atoms with Gasteiger partial charge >= 0.3 is 0 Å². The Morgan fingerprint density at radius 1 is 1.41 bits per heavy atom. The van der Waals surface area contributed by atoms with E-state index in [1.165, 1.54) is 0 Å². The summed E-state index contributed by atoms with van der Waals surface area (Å²) in [6.07, 6.45) is 3.48. The Labute approximate surface area is 98.9 Å². The number of nitrogen functional groups attached to an aromatic ring is 1. The van der Waals surface area contributed by atoms with Gasteiger partial charge in [0.05, 0.1) is 6.54 Å². The average molecular weight is 230 g/mol. The molecular formula is C12H14N4O. The second-order valence-electron chi connectivity index (χ2n) is 3.87. The fraction of sp³-hybridized carbons (Fsp3) is 0.167. The molecule has 0 radical (unpaired) electrons. The maximum atomic E-state index is 11.7. The van der Waals surface area contributed by atoms with Crippen molar-refractivity contribution in [2.45, 2.75) is 13.5 Å². The van der Waals surface area contributed by atoms with Gasteiger partial charge < -0.3 is 9.99 Å². The highest BCUT2D eigenvalue weighted by molar-refractivity contribution is 5.33. The maximum absolute atomic E-state index is 11.7. The first-order valence-corrected chi connectivity index (χ1v) is 5.27. The number of nitrogens with one attached hydrogen (secondary N) is 1. The molecule has 2 rings (SSSR count). The number of nitrogens with two attached hydrogens (primary N) is 1. The lowest BCUT2D eigenvalue weighted by Crippen LogP contribution is -2.19. The Balaban J connectivity index is 2.22. The van der Waals surface area contributed by atoms with Crippen LogP contribution in [0.15, 0.2) is 41.5 Å². The zero-order chi connectivity index (χ0) is 12.3. The van der Waals surface area contributed by atoms with Crippen LogP contribution in [-0.2, 0) is 6.54 Å². The average Bonchev–Trinajstić information content (AvgIpc) is 2.34. The van der Waals surface area contributed by atoms with Crippen LogP contribution in [0.5, 0.6) is 0 Å². The second-order valence-corrected chi connectivity index (χ2v) is 3.87. The molecule has 0 aliphatic rings. The molecule has 2 heterocycles. The van der Waals surface area contributed by atoms with E-state index in [0.717, 1.165) is 11.1 Å². The summed E-state index contributed by atoms with van der Waals surface area (Å²) < 4.78 is 1.64. The first kappa shape index (κ1) is 11.3. The lowest BCUT2D eigenvalue weighted by molar-refractivity contribution is 0.754. The third-order valence-corrected chi connectivity index (χ3v) is 2.48. The van der Waals surface area contributed by atoms with E-state index in [-0.39, 0.29) is 5.56 Å². The first-order valence-electron chi connectivity index (χ1n) is 5.27. The van der Waals surface area contributed by atoms with E-state index in [4.69, 9.17) is 5.84 Å². The van der Waals surface area contributed by atoms with Crippen molar-refractivity contribution in [1.82, 2.24) is 9.55 Å². The van der Waals surface area contributed by atoms with Gasteiger partial charge in [-0.1, -0.05) is 6.07 Å². The lowest BCUT2D eigenvalue weighted by Gasteiger charge is -2.06. The third kappa shape index (κ3) is 2.70. The summed E-state index contributed by atoms with van der Waals surface area (Å²) in [6, 6.07) is 7.18. The van der Waals surface area contributed by atoms with E-state index in [1.807, 2.05) is 19.1 Å². The van der Waals surface area contributed by atoms with Gasteiger partial charge in [-0.05, 0) is 30.2 Å². The van der Waals surface area contributed by atoms with E-state index in [0.29, 0.717) is 12.4 Å². The summed E-state index contributed by atoms with van der Waals surface area (Å²) in [7, 11) is 0. The molecule has 88 valence electrons. The number of nitrogens with zero attached hydrogens (tertiary/aromatic N) is 2. The summed E-state index contributed by atoms with van der Waals surface area (Å²) in [5, 5.41) is 0. The maximum Gasteiger partial charge on any atom is 0.251 e. The predicted octanol–water partition coefficient (Wildman–Crippen LogP) is 0.886. The molecule has 0 aliphatic heterocycles. The molecule has 0 amide bonds. The molecule has 0 bridgehead atoms. The monoisotopic (exact) mass is 230 g/mol. The zero-order valence-corrected chi connectivity index (χ0v) is 9.55. The number of hydrazine groups is 1. The van der Waals surface area contributed by atoms with Crippen LogP contribution in [0.3, 0.4) is 0 Å². The van der Waals surface area contributed by atoms with E-state index in [2.05, 4.69) is 10.4 Å². The van der Waals surface area contributed by atoms with E-state index in [9.17, 15) is 4.79 Å². The molecule has 0 spiro atoms. The number of aryl methyl sites for hydroxylation is 1. The molecule has 5 nitrogen and oxygen atoms in total. The van der Waals surface area contributed by atoms with Crippen LogP contribution >= 0.6 is 0 Å². The van der Waals surface area contributed by atoms with Crippen LogP contribution in [0.1, 0.15) is 11.1 Å². The highest BCUT2D eigenvalue weighted by atomic mass is 16.1. The van der Waals surface area contributed by atoms with E-state index in [1.54, 1.807) is 29.1 Å². The van der Waals surface area contributed by atoms with Gasteiger partial charge in [0.2, 0.25) is 0 Å². The number of anilines is 1. The normalized spacial score (nSPS) is 10.2. The Hall–Kier alpha value is -2.14. The van der Waals surface area contributed by atoms with Crippen molar-refractivity contribution < 1.29 is 0 Å². The molecule has 0 fully saturated rings. The Bertz CT molecular complexity index is 559. The van der Waals surface area contributed by atoms with Crippen LogP contribution in [0.4, 0.5) is 5.82 Å². The highest BCUT2D eigenvalue weighted by Crippen LogP contribution is 2.04. The highest BCUT2D eigenvalue weighted by Gasteiger charge is 1.99. The molecule has 0 atom stereocenters. The quantitative estimate of drug-likeness (QED) is 0.606. The standard InChI is InChI=1S/C12H14N4O/c1-9-4-5-16(12(17)6-9)8-10-2-3-11(15-13)14-7-10/h2-7H,8,13H2,1H3,(H,14,15). The summed E-state index contributed by atoms with van der Waals surface area (Å²) in [4.78, 5) is 15.8. The van der Waals surface area contributed by atoms with Gasteiger partial charge in [0.15, 0.2) is 0 Å². The predicted molar refractivity (Wildman–Crippen MR) is 66.6 cm³/mol.